The summed E-state index contributed by atoms with van der Waals surface area (Å²) in [5, 5.41) is 11.3. The lowest BCUT2D eigenvalue weighted by Crippen LogP contribution is -2.28. The first-order chi connectivity index (χ1) is 11.1. The molecular weight excluding hydrogens is 308 g/mol. The van der Waals surface area contributed by atoms with Gasteiger partial charge >= 0.3 is 0 Å². The third kappa shape index (κ3) is 4.01. The van der Waals surface area contributed by atoms with Crippen molar-refractivity contribution >= 4 is 11.8 Å². The van der Waals surface area contributed by atoms with Crippen LogP contribution in [0.4, 0.5) is 0 Å². The maximum Gasteiger partial charge on any atom is 0.119 e. The second-order valence-corrected chi connectivity index (χ2v) is 6.32. The van der Waals surface area contributed by atoms with Crippen LogP contribution in [0.3, 0.4) is 0 Å². The van der Waals surface area contributed by atoms with Crippen molar-refractivity contribution in [1.82, 2.24) is 0 Å². The average molecular weight is 332 g/mol. The first kappa shape index (κ1) is 17.7. The average Bonchev–Trinajstić information content (AvgIpc) is 2.61. The molecule has 23 heavy (non-hydrogen) atoms. The van der Waals surface area contributed by atoms with E-state index in [1.165, 1.54) is 0 Å². The number of ether oxygens (including phenoxy) is 2. The third-order valence-corrected chi connectivity index (χ3v) is 4.93. The topological polar surface area (TPSA) is 38.7 Å². The molecule has 0 saturated heterocycles. The third-order valence-electron chi connectivity index (χ3n) is 4.15. The standard InChI is InChI=1S/C19H24O3S/c1-5-19(20,13-14-6-8-15(21-2)9-7-14)17-11-10-16(22-3)12-18(17)23-4/h6-12,20H,5,13H2,1-4H3. The van der Waals surface area contributed by atoms with Gasteiger partial charge in [-0.25, -0.2) is 0 Å². The maximum atomic E-state index is 11.3. The van der Waals surface area contributed by atoms with Crippen molar-refractivity contribution in [3.05, 3.63) is 53.6 Å². The first-order valence-corrected chi connectivity index (χ1v) is 8.86. The quantitative estimate of drug-likeness (QED) is 0.769. The highest BCUT2D eigenvalue weighted by molar-refractivity contribution is 7.98. The fraction of sp³-hybridized carbons (Fsp3) is 0.368. The molecule has 1 N–H and O–H groups in total. The van der Waals surface area contributed by atoms with Crippen LogP contribution in [0.15, 0.2) is 47.4 Å². The van der Waals surface area contributed by atoms with Crippen molar-refractivity contribution in [2.75, 3.05) is 20.5 Å². The summed E-state index contributed by atoms with van der Waals surface area (Å²) >= 11 is 1.62. The molecule has 3 nitrogen and oxygen atoms in total. The Bertz CT molecular complexity index is 640. The zero-order chi connectivity index (χ0) is 16.9. The Morgan fingerprint density at radius 2 is 1.61 bits per heavy atom. The molecule has 0 saturated carbocycles. The molecule has 124 valence electrons. The van der Waals surface area contributed by atoms with Gasteiger partial charge in [-0.3, -0.25) is 0 Å². The van der Waals surface area contributed by atoms with Crippen LogP contribution in [0.2, 0.25) is 0 Å². The molecule has 0 radical (unpaired) electrons. The fourth-order valence-corrected chi connectivity index (χ4v) is 3.39. The Morgan fingerprint density at radius 1 is 1.00 bits per heavy atom. The zero-order valence-corrected chi connectivity index (χ0v) is 14.9. The summed E-state index contributed by atoms with van der Waals surface area (Å²) in [5.74, 6) is 1.63. The van der Waals surface area contributed by atoms with Gasteiger partial charge < -0.3 is 14.6 Å². The van der Waals surface area contributed by atoms with Gasteiger partial charge in [0.2, 0.25) is 0 Å². The SMILES string of the molecule is CCC(O)(Cc1ccc(OC)cc1)c1ccc(OC)cc1SC. The van der Waals surface area contributed by atoms with E-state index in [2.05, 4.69) is 0 Å². The van der Waals surface area contributed by atoms with Gasteiger partial charge in [0, 0.05) is 11.3 Å². The van der Waals surface area contributed by atoms with E-state index in [1.54, 1.807) is 26.0 Å². The summed E-state index contributed by atoms with van der Waals surface area (Å²) in [5.41, 5.74) is 1.13. The summed E-state index contributed by atoms with van der Waals surface area (Å²) < 4.78 is 10.5. The van der Waals surface area contributed by atoms with Gasteiger partial charge in [-0.05, 0) is 48.1 Å². The predicted molar refractivity (Wildman–Crippen MR) is 95.7 cm³/mol. The molecule has 0 heterocycles. The van der Waals surface area contributed by atoms with E-state index in [4.69, 9.17) is 9.47 Å². The van der Waals surface area contributed by atoms with Gasteiger partial charge in [0.15, 0.2) is 0 Å². The number of aliphatic hydroxyl groups is 1. The molecule has 1 atom stereocenters. The van der Waals surface area contributed by atoms with Gasteiger partial charge in [-0.15, -0.1) is 11.8 Å². The van der Waals surface area contributed by atoms with E-state index in [9.17, 15) is 5.11 Å². The Labute approximate surface area is 142 Å². The van der Waals surface area contributed by atoms with Crippen LogP contribution < -0.4 is 9.47 Å². The molecule has 2 rings (SSSR count). The summed E-state index contributed by atoms with van der Waals surface area (Å²) in [4.78, 5) is 1.04. The monoisotopic (exact) mass is 332 g/mol. The molecule has 4 heteroatoms. The van der Waals surface area contributed by atoms with E-state index in [1.807, 2.05) is 55.6 Å². The van der Waals surface area contributed by atoms with Gasteiger partial charge in [0.1, 0.15) is 11.5 Å². The molecule has 1 unspecified atom stereocenters. The number of benzene rings is 2. The van der Waals surface area contributed by atoms with Crippen molar-refractivity contribution in [3.8, 4) is 11.5 Å². The van der Waals surface area contributed by atoms with Gasteiger partial charge in [-0.2, -0.15) is 0 Å². The van der Waals surface area contributed by atoms with Crippen molar-refractivity contribution in [3.63, 3.8) is 0 Å². The van der Waals surface area contributed by atoms with Crippen molar-refractivity contribution in [2.45, 2.75) is 30.3 Å². The lowest BCUT2D eigenvalue weighted by Gasteiger charge is -2.29. The van der Waals surface area contributed by atoms with Crippen LogP contribution >= 0.6 is 11.8 Å². The summed E-state index contributed by atoms with van der Waals surface area (Å²) in [6, 6.07) is 13.7. The van der Waals surface area contributed by atoms with E-state index >= 15 is 0 Å². The van der Waals surface area contributed by atoms with Crippen molar-refractivity contribution in [1.29, 1.82) is 0 Å². The van der Waals surface area contributed by atoms with Crippen LogP contribution in [0.25, 0.3) is 0 Å². The normalized spacial score (nSPS) is 13.4. The lowest BCUT2D eigenvalue weighted by molar-refractivity contribution is 0.0300. The molecule has 0 spiro atoms. The van der Waals surface area contributed by atoms with E-state index in [-0.39, 0.29) is 0 Å². The molecule has 0 aliphatic rings. The molecule has 0 aliphatic heterocycles. The van der Waals surface area contributed by atoms with E-state index < -0.39 is 5.60 Å². The number of methoxy groups -OCH3 is 2. The second kappa shape index (κ2) is 7.75. The largest absolute Gasteiger partial charge is 0.497 e. The van der Waals surface area contributed by atoms with Gasteiger partial charge in [0.05, 0.1) is 19.8 Å². The predicted octanol–water partition coefficient (Wildman–Crippen LogP) is 4.27. The Kier molecular flexibility index (Phi) is 5.97. The van der Waals surface area contributed by atoms with Crippen LogP contribution in [-0.4, -0.2) is 25.6 Å². The fourth-order valence-electron chi connectivity index (χ4n) is 2.67. The first-order valence-electron chi connectivity index (χ1n) is 7.64. The summed E-state index contributed by atoms with van der Waals surface area (Å²) in [7, 11) is 3.31. The molecule has 0 aliphatic carbocycles. The highest BCUT2D eigenvalue weighted by Crippen LogP contribution is 2.37. The Hall–Kier alpha value is -1.65. The lowest BCUT2D eigenvalue weighted by atomic mass is 9.85. The van der Waals surface area contributed by atoms with Gasteiger partial charge in [-0.1, -0.05) is 25.1 Å². The summed E-state index contributed by atoms with van der Waals surface area (Å²) in [6.45, 7) is 2.01. The second-order valence-electron chi connectivity index (χ2n) is 5.48. The van der Waals surface area contributed by atoms with E-state index in [0.29, 0.717) is 12.8 Å². The number of rotatable bonds is 7. The van der Waals surface area contributed by atoms with Crippen LogP contribution in [0, 0.1) is 0 Å². The number of hydrogen-bond acceptors (Lipinski definition) is 4. The zero-order valence-electron chi connectivity index (χ0n) is 14.1. The highest BCUT2D eigenvalue weighted by Gasteiger charge is 2.30. The Balaban J connectivity index is 2.35. The number of thioether (sulfide) groups is 1. The molecular formula is C19H24O3S. The summed E-state index contributed by atoms with van der Waals surface area (Å²) in [6.07, 6.45) is 3.22. The van der Waals surface area contributed by atoms with Crippen LogP contribution in [-0.2, 0) is 12.0 Å². The molecule has 0 bridgehead atoms. The van der Waals surface area contributed by atoms with Crippen molar-refractivity contribution < 1.29 is 14.6 Å². The maximum absolute atomic E-state index is 11.3. The molecule has 2 aromatic rings. The molecule has 0 aromatic heterocycles. The molecule has 0 amide bonds. The van der Waals surface area contributed by atoms with Crippen LogP contribution in [0.5, 0.6) is 11.5 Å². The highest BCUT2D eigenvalue weighted by atomic mass is 32.2. The van der Waals surface area contributed by atoms with Crippen molar-refractivity contribution in [2.24, 2.45) is 0 Å². The Morgan fingerprint density at radius 3 is 2.13 bits per heavy atom. The van der Waals surface area contributed by atoms with E-state index in [0.717, 1.165) is 27.5 Å². The number of hydrogen-bond donors (Lipinski definition) is 1. The molecule has 2 aromatic carbocycles. The van der Waals surface area contributed by atoms with Crippen LogP contribution in [0.1, 0.15) is 24.5 Å². The minimum absolute atomic E-state index is 0.563. The minimum Gasteiger partial charge on any atom is -0.497 e. The molecule has 0 fully saturated rings. The van der Waals surface area contributed by atoms with Gasteiger partial charge in [0.25, 0.3) is 0 Å². The minimum atomic E-state index is -0.904. The smallest absolute Gasteiger partial charge is 0.119 e.